The number of anilines is 1. The maximum atomic E-state index is 4.51. The Kier molecular flexibility index (Phi) is 4.07. The van der Waals surface area contributed by atoms with Crippen LogP contribution in [0.5, 0.6) is 0 Å². The van der Waals surface area contributed by atoms with Gasteiger partial charge in [-0.3, -0.25) is 0 Å². The molecular weight excluding hydrogens is 300 g/mol. The summed E-state index contributed by atoms with van der Waals surface area (Å²) < 4.78 is 2.07. The van der Waals surface area contributed by atoms with E-state index in [1.54, 1.807) is 29.4 Å². The molecule has 0 bridgehead atoms. The van der Waals surface area contributed by atoms with Crippen LogP contribution in [0.25, 0.3) is 10.3 Å². The lowest BCUT2D eigenvalue weighted by atomic mass is 10.1. The predicted octanol–water partition coefficient (Wildman–Crippen LogP) is 4.01. The maximum Gasteiger partial charge on any atom is 0.176 e. The Labute approximate surface area is 132 Å². The highest BCUT2D eigenvalue weighted by molar-refractivity contribution is 8.00. The van der Waals surface area contributed by atoms with Crippen LogP contribution in [0.15, 0.2) is 41.0 Å². The molecule has 2 aromatic heterocycles. The summed E-state index contributed by atoms with van der Waals surface area (Å²) in [6.45, 7) is 2.18. The largest absolute Gasteiger partial charge is 0.352 e. The molecule has 3 rings (SSSR count). The molecule has 0 fully saturated rings. The fraction of sp³-hybridized carbons (Fsp3) is 0.267. The fourth-order valence-electron chi connectivity index (χ4n) is 2.20. The Balaban J connectivity index is 2.01. The van der Waals surface area contributed by atoms with Crippen molar-refractivity contribution in [3.05, 3.63) is 42.2 Å². The van der Waals surface area contributed by atoms with Gasteiger partial charge in [0.1, 0.15) is 11.0 Å². The van der Waals surface area contributed by atoms with Gasteiger partial charge in [-0.25, -0.2) is 15.0 Å². The Morgan fingerprint density at radius 2 is 1.95 bits per heavy atom. The van der Waals surface area contributed by atoms with Gasteiger partial charge in [0, 0.05) is 7.05 Å². The first-order valence-corrected chi connectivity index (χ1v) is 8.68. The zero-order valence-electron chi connectivity index (χ0n) is 12.1. The van der Waals surface area contributed by atoms with Crippen LogP contribution >= 0.6 is 23.1 Å². The van der Waals surface area contributed by atoms with Crippen LogP contribution < -0.4 is 4.90 Å². The SMILES string of the molecule is CSc1nc2ncnc(N(C)C(C)c3ccccc3)c2s1. The summed E-state index contributed by atoms with van der Waals surface area (Å²) in [6.07, 6.45) is 3.62. The van der Waals surface area contributed by atoms with Crippen molar-refractivity contribution in [2.24, 2.45) is 0 Å². The van der Waals surface area contributed by atoms with Crippen molar-refractivity contribution in [3.8, 4) is 0 Å². The molecule has 1 atom stereocenters. The minimum atomic E-state index is 0.240. The molecule has 2 heterocycles. The van der Waals surface area contributed by atoms with E-state index in [-0.39, 0.29) is 6.04 Å². The van der Waals surface area contributed by atoms with Crippen LogP contribution in [-0.4, -0.2) is 28.3 Å². The number of hydrogen-bond donors (Lipinski definition) is 0. The smallest absolute Gasteiger partial charge is 0.176 e. The first kappa shape index (κ1) is 14.3. The third-order valence-corrected chi connectivity index (χ3v) is 5.55. The molecule has 21 heavy (non-hydrogen) atoms. The molecule has 0 saturated carbocycles. The summed E-state index contributed by atoms with van der Waals surface area (Å²) in [7, 11) is 2.07. The van der Waals surface area contributed by atoms with Crippen LogP contribution in [0.2, 0.25) is 0 Å². The summed E-state index contributed by atoms with van der Waals surface area (Å²) >= 11 is 3.29. The standard InChI is InChI=1S/C15H16N4S2/c1-10(11-7-5-4-6-8-11)19(2)14-12-13(16-9-17-14)18-15(20-3)21-12/h4-10H,1-3H3. The Morgan fingerprint density at radius 3 is 2.67 bits per heavy atom. The number of thiazole rings is 1. The van der Waals surface area contributed by atoms with Gasteiger partial charge in [-0.05, 0) is 18.7 Å². The van der Waals surface area contributed by atoms with Crippen LogP contribution in [0.1, 0.15) is 18.5 Å². The number of benzene rings is 1. The van der Waals surface area contributed by atoms with Crippen molar-refractivity contribution in [1.29, 1.82) is 0 Å². The minimum absolute atomic E-state index is 0.240. The molecule has 0 spiro atoms. The molecule has 0 saturated heterocycles. The van der Waals surface area contributed by atoms with E-state index in [1.165, 1.54) is 5.56 Å². The van der Waals surface area contributed by atoms with Gasteiger partial charge >= 0.3 is 0 Å². The van der Waals surface area contributed by atoms with Gasteiger partial charge in [-0.1, -0.05) is 42.1 Å². The Bertz CT molecular complexity index is 742. The van der Waals surface area contributed by atoms with Crippen molar-refractivity contribution < 1.29 is 0 Å². The van der Waals surface area contributed by atoms with Gasteiger partial charge in [-0.2, -0.15) is 0 Å². The van der Waals surface area contributed by atoms with Crippen LogP contribution in [0.3, 0.4) is 0 Å². The predicted molar refractivity (Wildman–Crippen MR) is 90.3 cm³/mol. The molecule has 0 aliphatic heterocycles. The lowest BCUT2D eigenvalue weighted by Crippen LogP contribution is -2.22. The van der Waals surface area contributed by atoms with E-state index >= 15 is 0 Å². The second kappa shape index (κ2) is 5.99. The quantitative estimate of drug-likeness (QED) is 0.680. The van der Waals surface area contributed by atoms with Gasteiger partial charge in [0.05, 0.1) is 6.04 Å². The van der Waals surface area contributed by atoms with E-state index in [4.69, 9.17) is 0 Å². The summed E-state index contributed by atoms with van der Waals surface area (Å²) in [5.74, 6) is 0.939. The van der Waals surface area contributed by atoms with Crippen LogP contribution in [-0.2, 0) is 0 Å². The highest BCUT2D eigenvalue weighted by atomic mass is 32.2. The van der Waals surface area contributed by atoms with Crippen molar-refractivity contribution >= 4 is 39.3 Å². The van der Waals surface area contributed by atoms with E-state index in [9.17, 15) is 0 Å². The molecule has 1 aromatic carbocycles. The lowest BCUT2D eigenvalue weighted by molar-refractivity contribution is 0.731. The Hall–Kier alpha value is -1.66. The number of nitrogens with zero attached hydrogens (tertiary/aromatic N) is 4. The van der Waals surface area contributed by atoms with Gasteiger partial charge in [0.2, 0.25) is 0 Å². The molecule has 3 aromatic rings. The third kappa shape index (κ3) is 2.73. The van der Waals surface area contributed by atoms with Crippen molar-refractivity contribution in [2.75, 3.05) is 18.2 Å². The van der Waals surface area contributed by atoms with E-state index in [2.05, 4.69) is 58.1 Å². The Morgan fingerprint density at radius 1 is 1.19 bits per heavy atom. The van der Waals surface area contributed by atoms with Crippen LogP contribution in [0.4, 0.5) is 5.82 Å². The number of rotatable bonds is 4. The number of thioether (sulfide) groups is 1. The first-order valence-electron chi connectivity index (χ1n) is 6.64. The number of hydrogen-bond acceptors (Lipinski definition) is 6. The highest BCUT2D eigenvalue weighted by Crippen LogP contribution is 2.34. The molecular formula is C15H16N4S2. The van der Waals surface area contributed by atoms with Crippen molar-refractivity contribution in [3.63, 3.8) is 0 Å². The summed E-state index contributed by atoms with van der Waals surface area (Å²) in [5.41, 5.74) is 2.04. The number of aromatic nitrogens is 3. The zero-order chi connectivity index (χ0) is 14.8. The molecule has 1 unspecified atom stereocenters. The minimum Gasteiger partial charge on any atom is -0.352 e. The van der Waals surface area contributed by atoms with E-state index in [0.717, 1.165) is 20.5 Å². The third-order valence-electron chi connectivity index (χ3n) is 3.52. The second-order valence-electron chi connectivity index (χ2n) is 4.73. The van der Waals surface area contributed by atoms with E-state index in [1.807, 2.05) is 12.3 Å². The van der Waals surface area contributed by atoms with E-state index in [0.29, 0.717) is 0 Å². The summed E-state index contributed by atoms with van der Waals surface area (Å²) in [5, 5.41) is 0. The molecule has 0 N–H and O–H groups in total. The molecule has 108 valence electrons. The average Bonchev–Trinajstić information content (AvgIpc) is 2.97. The van der Waals surface area contributed by atoms with Crippen molar-refractivity contribution in [1.82, 2.24) is 15.0 Å². The first-order chi connectivity index (χ1) is 10.2. The summed E-state index contributed by atoms with van der Waals surface area (Å²) in [4.78, 5) is 15.4. The zero-order valence-corrected chi connectivity index (χ0v) is 13.8. The van der Waals surface area contributed by atoms with E-state index < -0.39 is 0 Å². The monoisotopic (exact) mass is 316 g/mol. The van der Waals surface area contributed by atoms with Crippen LogP contribution in [0, 0.1) is 0 Å². The van der Waals surface area contributed by atoms with Gasteiger partial charge in [0.15, 0.2) is 15.8 Å². The fourth-order valence-corrected chi connectivity index (χ4v) is 3.75. The topological polar surface area (TPSA) is 41.9 Å². The average molecular weight is 316 g/mol. The highest BCUT2D eigenvalue weighted by Gasteiger charge is 2.18. The summed E-state index contributed by atoms with van der Waals surface area (Å²) in [6, 6.07) is 10.7. The number of fused-ring (bicyclic) bond motifs is 1. The molecule has 6 heteroatoms. The van der Waals surface area contributed by atoms with Crippen molar-refractivity contribution in [2.45, 2.75) is 17.3 Å². The molecule has 0 aliphatic carbocycles. The van der Waals surface area contributed by atoms with Gasteiger partial charge < -0.3 is 4.90 Å². The van der Waals surface area contributed by atoms with Gasteiger partial charge in [0.25, 0.3) is 0 Å². The molecule has 0 radical (unpaired) electrons. The lowest BCUT2D eigenvalue weighted by Gasteiger charge is -2.26. The molecule has 4 nitrogen and oxygen atoms in total. The second-order valence-corrected chi connectivity index (χ2v) is 6.78. The molecule has 0 amide bonds. The molecule has 0 aliphatic rings. The maximum absolute atomic E-state index is 4.51. The van der Waals surface area contributed by atoms with Gasteiger partial charge in [-0.15, -0.1) is 11.3 Å². The normalized spacial score (nSPS) is 12.5.